The molecule has 0 heterocycles. The van der Waals surface area contributed by atoms with Crippen LogP contribution in [0.4, 0.5) is 8.78 Å². The number of hydrogen-bond acceptors (Lipinski definition) is 2. The fraction of sp³-hybridized carbons (Fsp3) is 0.333. The molecule has 0 aliphatic carbocycles. The quantitative estimate of drug-likeness (QED) is 0.759. The first-order valence-electron chi connectivity index (χ1n) is 3.89. The van der Waals surface area contributed by atoms with Crippen molar-refractivity contribution in [3.63, 3.8) is 0 Å². The van der Waals surface area contributed by atoms with E-state index in [-0.39, 0.29) is 11.3 Å². The summed E-state index contributed by atoms with van der Waals surface area (Å²) in [7, 11) is 1.71. The van der Waals surface area contributed by atoms with Gasteiger partial charge >= 0.3 is 0 Å². The van der Waals surface area contributed by atoms with Gasteiger partial charge in [-0.25, -0.2) is 8.78 Å². The Bertz CT molecular complexity index is 289. The van der Waals surface area contributed by atoms with Crippen molar-refractivity contribution < 1.29 is 13.9 Å². The number of aromatic hydroxyl groups is 1. The molecule has 0 spiro atoms. The van der Waals surface area contributed by atoms with Crippen molar-refractivity contribution in [3.8, 4) is 5.75 Å². The van der Waals surface area contributed by atoms with Crippen LogP contribution >= 0.6 is 0 Å². The third-order valence-electron chi connectivity index (χ3n) is 1.63. The molecule has 72 valence electrons. The first-order valence-corrected chi connectivity index (χ1v) is 3.89. The molecule has 2 N–H and O–H groups in total. The maximum atomic E-state index is 12.2. The van der Waals surface area contributed by atoms with Crippen molar-refractivity contribution in [2.45, 2.75) is 13.0 Å². The van der Waals surface area contributed by atoms with Gasteiger partial charge in [0.2, 0.25) is 0 Å². The van der Waals surface area contributed by atoms with Crippen LogP contribution in [0.5, 0.6) is 5.75 Å². The molecular formula is C9H11F2NO. The lowest BCUT2D eigenvalue weighted by molar-refractivity contribution is 0.151. The van der Waals surface area contributed by atoms with E-state index >= 15 is 0 Å². The second-order valence-corrected chi connectivity index (χ2v) is 2.76. The zero-order valence-corrected chi connectivity index (χ0v) is 7.22. The highest BCUT2D eigenvalue weighted by atomic mass is 19.3. The number of hydrogen-bond donors (Lipinski definition) is 2. The Hall–Kier alpha value is -1.16. The van der Waals surface area contributed by atoms with Crippen LogP contribution in [0.3, 0.4) is 0 Å². The van der Waals surface area contributed by atoms with E-state index in [0.717, 1.165) is 6.07 Å². The van der Waals surface area contributed by atoms with E-state index in [9.17, 15) is 8.78 Å². The number of alkyl halides is 2. The van der Waals surface area contributed by atoms with E-state index in [1.54, 1.807) is 7.05 Å². The average Bonchev–Trinajstić information content (AvgIpc) is 2.03. The lowest BCUT2D eigenvalue weighted by Gasteiger charge is -2.05. The number of rotatable bonds is 3. The van der Waals surface area contributed by atoms with Crippen LogP contribution in [0.25, 0.3) is 0 Å². The summed E-state index contributed by atoms with van der Waals surface area (Å²) in [6, 6.07) is 3.91. The second-order valence-electron chi connectivity index (χ2n) is 2.76. The van der Waals surface area contributed by atoms with Crippen LogP contribution in [-0.4, -0.2) is 12.2 Å². The summed E-state index contributed by atoms with van der Waals surface area (Å²) in [5.41, 5.74) is 0.503. The Morgan fingerprint density at radius 3 is 2.62 bits per heavy atom. The van der Waals surface area contributed by atoms with Gasteiger partial charge in [-0.2, -0.15) is 0 Å². The smallest absolute Gasteiger partial charge is 0.263 e. The van der Waals surface area contributed by atoms with Gasteiger partial charge < -0.3 is 10.4 Å². The summed E-state index contributed by atoms with van der Waals surface area (Å²) in [6.45, 7) is 0.466. The Kier molecular flexibility index (Phi) is 3.19. The van der Waals surface area contributed by atoms with Gasteiger partial charge in [-0.15, -0.1) is 0 Å². The molecular weight excluding hydrogens is 176 g/mol. The molecule has 0 saturated carbocycles. The van der Waals surface area contributed by atoms with Gasteiger partial charge in [-0.05, 0) is 30.8 Å². The topological polar surface area (TPSA) is 32.3 Å². The number of phenols is 1. The molecule has 1 aromatic rings. The SMILES string of the molecule is CNCc1cc(O)cc(C(F)F)c1. The van der Waals surface area contributed by atoms with Crippen LogP contribution in [-0.2, 0) is 6.54 Å². The van der Waals surface area contributed by atoms with Crippen molar-refractivity contribution in [2.24, 2.45) is 0 Å². The van der Waals surface area contributed by atoms with E-state index < -0.39 is 6.43 Å². The standard InChI is InChI=1S/C9H11F2NO/c1-12-5-6-2-7(9(10)11)4-8(13)3-6/h2-4,9,12-13H,5H2,1H3. The molecule has 4 heteroatoms. The summed E-state index contributed by atoms with van der Waals surface area (Å²) in [5, 5.41) is 11.9. The van der Waals surface area contributed by atoms with Crippen molar-refractivity contribution in [1.29, 1.82) is 0 Å². The van der Waals surface area contributed by atoms with E-state index in [2.05, 4.69) is 5.32 Å². The second kappa shape index (κ2) is 4.18. The van der Waals surface area contributed by atoms with Gasteiger partial charge in [0.15, 0.2) is 0 Å². The molecule has 0 aliphatic rings. The van der Waals surface area contributed by atoms with Gasteiger partial charge in [0, 0.05) is 12.1 Å². The van der Waals surface area contributed by atoms with E-state index in [1.807, 2.05) is 0 Å². The molecule has 0 amide bonds. The van der Waals surface area contributed by atoms with Crippen LogP contribution in [0, 0.1) is 0 Å². The van der Waals surface area contributed by atoms with Gasteiger partial charge in [0.25, 0.3) is 6.43 Å². The number of halogens is 2. The Morgan fingerprint density at radius 1 is 1.38 bits per heavy atom. The predicted molar refractivity (Wildman–Crippen MR) is 45.8 cm³/mol. The number of phenolic OH excluding ortho intramolecular Hbond substituents is 1. The molecule has 0 saturated heterocycles. The molecule has 0 radical (unpaired) electrons. The van der Waals surface area contributed by atoms with Crippen LogP contribution in [0.1, 0.15) is 17.6 Å². The molecule has 0 atom stereocenters. The maximum Gasteiger partial charge on any atom is 0.263 e. The molecule has 0 fully saturated rings. The largest absolute Gasteiger partial charge is 0.508 e. The molecule has 2 nitrogen and oxygen atoms in total. The maximum absolute atomic E-state index is 12.2. The van der Waals surface area contributed by atoms with Crippen LogP contribution in [0.15, 0.2) is 18.2 Å². The van der Waals surface area contributed by atoms with Crippen molar-refractivity contribution in [2.75, 3.05) is 7.05 Å². The van der Waals surface area contributed by atoms with Crippen molar-refractivity contribution >= 4 is 0 Å². The van der Waals surface area contributed by atoms with Crippen molar-refractivity contribution in [3.05, 3.63) is 29.3 Å². The molecule has 13 heavy (non-hydrogen) atoms. The number of nitrogens with one attached hydrogen (secondary N) is 1. The van der Waals surface area contributed by atoms with Gasteiger partial charge in [-0.3, -0.25) is 0 Å². The first kappa shape index (κ1) is 9.92. The molecule has 0 aromatic heterocycles. The summed E-state index contributed by atoms with van der Waals surface area (Å²) in [4.78, 5) is 0. The minimum absolute atomic E-state index is 0.122. The Morgan fingerprint density at radius 2 is 2.08 bits per heavy atom. The van der Waals surface area contributed by atoms with E-state index in [0.29, 0.717) is 12.1 Å². The minimum atomic E-state index is -2.54. The minimum Gasteiger partial charge on any atom is -0.508 e. The fourth-order valence-electron chi connectivity index (χ4n) is 1.13. The van der Waals surface area contributed by atoms with Crippen molar-refractivity contribution in [1.82, 2.24) is 5.32 Å². The van der Waals surface area contributed by atoms with Crippen LogP contribution < -0.4 is 5.32 Å². The zero-order chi connectivity index (χ0) is 9.84. The van der Waals surface area contributed by atoms with Gasteiger partial charge in [0.1, 0.15) is 5.75 Å². The van der Waals surface area contributed by atoms with Gasteiger partial charge in [0.05, 0.1) is 0 Å². The Labute approximate surface area is 75.2 Å². The molecule has 0 unspecified atom stereocenters. The molecule has 1 rings (SSSR count). The molecule has 0 aliphatic heterocycles. The monoisotopic (exact) mass is 187 g/mol. The summed E-state index contributed by atoms with van der Waals surface area (Å²) in [5.74, 6) is -0.122. The third kappa shape index (κ3) is 2.66. The first-order chi connectivity index (χ1) is 6.13. The summed E-state index contributed by atoms with van der Waals surface area (Å²) >= 11 is 0. The highest BCUT2D eigenvalue weighted by Crippen LogP contribution is 2.24. The highest BCUT2D eigenvalue weighted by Gasteiger charge is 2.08. The third-order valence-corrected chi connectivity index (χ3v) is 1.63. The highest BCUT2D eigenvalue weighted by molar-refractivity contribution is 5.34. The van der Waals surface area contributed by atoms with Gasteiger partial charge in [-0.1, -0.05) is 0 Å². The Balaban J connectivity index is 2.96. The number of benzene rings is 1. The lowest BCUT2D eigenvalue weighted by Crippen LogP contribution is -2.05. The normalized spacial score (nSPS) is 10.8. The molecule has 1 aromatic carbocycles. The summed E-state index contributed by atoms with van der Waals surface area (Å²) < 4.78 is 24.5. The predicted octanol–water partition coefficient (Wildman–Crippen LogP) is 2.05. The molecule has 0 bridgehead atoms. The average molecular weight is 187 g/mol. The van der Waals surface area contributed by atoms with Crippen LogP contribution in [0.2, 0.25) is 0 Å². The van der Waals surface area contributed by atoms with E-state index in [4.69, 9.17) is 5.11 Å². The zero-order valence-electron chi connectivity index (χ0n) is 7.22. The fourth-order valence-corrected chi connectivity index (χ4v) is 1.13. The summed E-state index contributed by atoms with van der Waals surface area (Å²) in [6.07, 6.45) is -2.54. The van der Waals surface area contributed by atoms with E-state index in [1.165, 1.54) is 12.1 Å². The lowest BCUT2D eigenvalue weighted by atomic mass is 10.1.